The van der Waals surface area contributed by atoms with Crippen molar-refractivity contribution in [1.29, 1.82) is 0 Å². The Morgan fingerprint density at radius 3 is 2.32 bits per heavy atom. The minimum absolute atomic E-state index is 0.398. The Kier molecular flexibility index (Phi) is 7.01. The predicted molar refractivity (Wildman–Crippen MR) is 99.5 cm³/mol. The summed E-state index contributed by atoms with van der Waals surface area (Å²) in [7, 11) is 0. The SMILES string of the molecule is CC[C@@H](Oc1ccccc1)C(=O)O[C@@H](C)C(=O)Nc1ccc(Br)cc1. The molecule has 2 rings (SSSR count). The van der Waals surface area contributed by atoms with Gasteiger partial charge in [0.05, 0.1) is 0 Å². The lowest BCUT2D eigenvalue weighted by Crippen LogP contribution is -2.36. The number of anilines is 1. The summed E-state index contributed by atoms with van der Waals surface area (Å²) in [6.45, 7) is 3.35. The standard InChI is InChI=1S/C19H20BrNO4/c1-3-17(25-16-7-5-4-6-8-16)19(23)24-13(2)18(22)21-15-11-9-14(20)10-12-15/h4-13,17H,3H2,1-2H3,(H,21,22)/t13-,17+/m0/s1. The van der Waals surface area contributed by atoms with E-state index in [1.54, 1.807) is 24.3 Å². The Balaban J connectivity index is 1.90. The van der Waals surface area contributed by atoms with Gasteiger partial charge in [-0.2, -0.15) is 0 Å². The number of para-hydroxylation sites is 1. The first-order chi connectivity index (χ1) is 12.0. The fraction of sp³-hybridized carbons (Fsp3) is 0.263. The van der Waals surface area contributed by atoms with Crippen LogP contribution in [-0.4, -0.2) is 24.1 Å². The average molecular weight is 406 g/mol. The normalized spacial score (nSPS) is 12.8. The van der Waals surface area contributed by atoms with Gasteiger partial charge in [-0.25, -0.2) is 4.79 Å². The van der Waals surface area contributed by atoms with E-state index >= 15 is 0 Å². The highest BCUT2D eigenvalue weighted by Crippen LogP contribution is 2.16. The van der Waals surface area contributed by atoms with E-state index in [9.17, 15) is 9.59 Å². The van der Waals surface area contributed by atoms with Gasteiger partial charge in [0.15, 0.2) is 12.2 Å². The molecule has 0 radical (unpaired) electrons. The van der Waals surface area contributed by atoms with Gasteiger partial charge in [-0.1, -0.05) is 41.1 Å². The highest BCUT2D eigenvalue weighted by molar-refractivity contribution is 9.10. The molecule has 6 heteroatoms. The van der Waals surface area contributed by atoms with Gasteiger partial charge in [-0.15, -0.1) is 0 Å². The van der Waals surface area contributed by atoms with Gasteiger partial charge in [0, 0.05) is 10.2 Å². The molecule has 0 heterocycles. The van der Waals surface area contributed by atoms with Crippen LogP contribution in [0, 0.1) is 0 Å². The molecule has 0 unspecified atom stereocenters. The maximum absolute atomic E-state index is 12.3. The molecule has 132 valence electrons. The maximum Gasteiger partial charge on any atom is 0.348 e. The van der Waals surface area contributed by atoms with Gasteiger partial charge in [-0.3, -0.25) is 4.79 Å². The van der Waals surface area contributed by atoms with Crippen LogP contribution in [0.5, 0.6) is 5.75 Å². The number of amides is 1. The van der Waals surface area contributed by atoms with E-state index in [4.69, 9.17) is 9.47 Å². The highest BCUT2D eigenvalue weighted by atomic mass is 79.9. The maximum atomic E-state index is 12.3. The second kappa shape index (κ2) is 9.22. The minimum Gasteiger partial charge on any atom is -0.479 e. The molecule has 0 bridgehead atoms. The van der Waals surface area contributed by atoms with Crippen molar-refractivity contribution < 1.29 is 19.1 Å². The van der Waals surface area contributed by atoms with Crippen LogP contribution < -0.4 is 10.1 Å². The Bertz CT molecular complexity index is 703. The summed E-state index contributed by atoms with van der Waals surface area (Å²) in [5.41, 5.74) is 0.628. The lowest BCUT2D eigenvalue weighted by atomic mass is 10.2. The van der Waals surface area contributed by atoms with Crippen molar-refractivity contribution in [3.8, 4) is 5.75 Å². The topological polar surface area (TPSA) is 64.6 Å². The molecule has 0 saturated heterocycles. The van der Waals surface area contributed by atoms with Crippen LogP contribution >= 0.6 is 15.9 Å². The molecule has 0 aromatic heterocycles. The number of esters is 1. The van der Waals surface area contributed by atoms with Crippen LogP contribution in [0.1, 0.15) is 20.3 Å². The molecule has 0 spiro atoms. The zero-order valence-corrected chi connectivity index (χ0v) is 15.7. The van der Waals surface area contributed by atoms with Gasteiger partial charge in [0.2, 0.25) is 0 Å². The number of carbonyl (C=O) groups excluding carboxylic acids is 2. The molecule has 1 amide bonds. The second-order valence-electron chi connectivity index (χ2n) is 5.40. The van der Waals surface area contributed by atoms with Crippen LogP contribution in [0.15, 0.2) is 59.1 Å². The smallest absolute Gasteiger partial charge is 0.348 e. The first kappa shape index (κ1) is 19.0. The molecule has 0 aliphatic carbocycles. The third kappa shape index (κ3) is 5.90. The summed E-state index contributed by atoms with van der Waals surface area (Å²) >= 11 is 3.33. The molecule has 25 heavy (non-hydrogen) atoms. The minimum atomic E-state index is -0.926. The Labute approximate surface area is 155 Å². The van der Waals surface area contributed by atoms with Crippen molar-refractivity contribution in [3.63, 3.8) is 0 Å². The van der Waals surface area contributed by atoms with E-state index in [0.717, 1.165) is 4.47 Å². The number of hydrogen-bond donors (Lipinski definition) is 1. The third-order valence-electron chi connectivity index (χ3n) is 3.43. The fourth-order valence-electron chi connectivity index (χ4n) is 2.04. The molecular weight excluding hydrogens is 386 g/mol. The van der Waals surface area contributed by atoms with E-state index in [2.05, 4.69) is 21.2 Å². The summed E-state index contributed by atoms with van der Waals surface area (Å²) < 4.78 is 11.8. The van der Waals surface area contributed by atoms with Crippen LogP contribution in [-0.2, 0) is 14.3 Å². The molecule has 0 aliphatic rings. The van der Waals surface area contributed by atoms with Crippen molar-refractivity contribution in [1.82, 2.24) is 0 Å². The molecule has 2 aromatic carbocycles. The third-order valence-corrected chi connectivity index (χ3v) is 3.96. The first-order valence-electron chi connectivity index (χ1n) is 7.98. The molecule has 1 N–H and O–H groups in total. The molecule has 0 fully saturated rings. The van der Waals surface area contributed by atoms with E-state index in [1.807, 2.05) is 37.3 Å². The Morgan fingerprint density at radius 2 is 1.72 bits per heavy atom. The summed E-state index contributed by atoms with van der Waals surface area (Å²) in [5, 5.41) is 2.70. The Hall–Kier alpha value is -2.34. The van der Waals surface area contributed by atoms with E-state index in [-0.39, 0.29) is 0 Å². The highest BCUT2D eigenvalue weighted by Gasteiger charge is 2.25. The van der Waals surface area contributed by atoms with Gasteiger partial charge >= 0.3 is 5.97 Å². The number of hydrogen-bond acceptors (Lipinski definition) is 4. The van der Waals surface area contributed by atoms with Crippen molar-refractivity contribution in [2.75, 3.05) is 5.32 Å². The molecule has 5 nitrogen and oxygen atoms in total. The number of ether oxygens (including phenoxy) is 2. The van der Waals surface area contributed by atoms with Crippen molar-refractivity contribution in [2.45, 2.75) is 32.5 Å². The zero-order chi connectivity index (χ0) is 18.2. The number of rotatable bonds is 7. The summed E-state index contributed by atoms with van der Waals surface area (Å²) in [6.07, 6.45) is -1.25. The van der Waals surface area contributed by atoms with Crippen LogP contribution in [0.2, 0.25) is 0 Å². The van der Waals surface area contributed by atoms with Gasteiger partial charge in [0.25, 0.3) is 5.91 Å². The second-order valence-corrected chi connectivity index (χ2v) is 6.32. The summed E-state index contributed by atoms with van der Waals surface area (Å²) in [4.78, 5) is 24.4. The molecule has 0 saturated carbocycles. The Morgan fingerprint density at radius 1 is 1.08 bits per heavy atom. The van der Waals surface area contributed by atoms with Crippen LogP contribution in [0.25, 0.3) is 0 Å². The summed E-state index contributed by atoms with van der Waals surface area (Å²) in [6, 6.07) is 16.2. The van der Waals surface area contributed by atoms with Gasteiger partial charge in [-0.05, 0) is 49.7 Å². The molecule has 0 aliphatic heterocycles. The van der Waals surface area contributed by atoms with Gasteiger partial charge < -0.3 is 14.8 Å². The number of carbonyl (C=O) groups is 2. The lowest BCUT2D eigenvalue weighted by Gasteiger charge is -2.19. The van der Waals surface area contributed by atoms with Gasteiger partial charge in [0.1, 0.15) is 5.75 Å². The zero-order valence-electron chi connectivity index (χ0n) is 14.1. The van der Waals surface area contributed by atoms with Crippen molar-refractivity contribution in [3.05, 3.63) is 59.1 Å². The number of nitrogens with one attached hydrogen (secondary N) is 1. The molecular formula is C19H20BrNO4. The van der Waals surface area contributed by atoms with Crippen molar-refractivity contribution in [2.24, 2.45) is 0 Å². The summed E-state index contributed by atoms with van der Waals surface area (Å²) in [5.74, 6) is -0.381. The van der Waals surface area contributed by atoms with Crippen LogP contribution in [0.4, 0.5) is 5.69 Å². The van der Waals surface area contributed by atoms with Crippen LogP contribution in [0.3, 0.4) is 0 Å². The first-order valence-corrected chi connectivity index (χ1v) is 8.77. The number of benzene rings is 2. The largest absolute Gasteiger partial charge is 0.479 e. The lowest BCUT2D eigenvalue weighted by molar-refractivity contribution is -0.160. The monoisotopic (exact) mass is 405 g/mol. The van der Waals surface area contributed by atoms with E-state index in [0.29, 0.717) is 17.9 Å². The fourth-order valence-corrected chi connectivity index (χ4v) is 2.31. The quantitative estimate of drug-likeness (QED) is 0.701. The molecule has 2 atom stereocenters. The van der Waals surface area contributed by atoms with E-state index in [1.165, 1.54) is 6.92 Å². The van der Waals surface area contributed by atoms with E-state index < -0.39 is 24.1 Å². The molecule has 2 aromatic rings. The average Bonchev–Trinajstić information content (AvgIpc) is 2.62. The van der Waals surface area contributed by atoms with Crippen molar-refractivity contribution >= 4 is 33.5 Å². The number of halogens is 1. The predicted octanol–water partition coefficient (Wildman–Crippen LogP) is 4.18.